The minimum absolute atomic E-state index is 0.411. The highest BCUT2D eigenvalue weighted by molar-refractivity contribution is 7.13. The summed E-state index contributed by atoms with van der Waals surface area (Å²) < 4.78 is 0. The third-order valence-corrected chi connectivity index (χ3v) is 4.79. The minimum Gasteiger partial charge on any atom is -0.423 e. The van der Waals surface area contributed by atoms with E-state index in [0.29, 0.717) is 16.7 Å². The van der Waals surface area contributed by atoms with E-state index in [0.717, 1.165) is 27.1 Å². The molecule has 4 rings (SSSR count). The molecular formula is C17H13BN4O2S. The number of hydrogen-bond acceptors (Lipinski definition) is 7. The Morgan fingerprint density at radius 3 is 2.68 bits per heavy atom. The van der Waals surface area contributed by atoms with Crippen molar-refractivity contribution in [1.82, 2.24) is 15.2 Å². The van der Waals surface area contributed by atoms with Crippen molar-refractivity contribution < 1.29 is 10.0 Å². The lowest BCUT2D eigenvalue weighted by atomic mass is 9.78. The SMILES string of the molecule is Nc1cnnc2cc(-c3cc(B(O)O)ccc3-c3nccs3)ccc12. The van der Waals surface area contributed by atoms with E-state index in [-0.39, 0.29) is 0 Å². The van der Waals surface area contributed by atoms with Gasteiger partial charge in [-0.2, -0.15) is 10.2 Å². The summed E-state index contributed by atoms with van der Waals surface area (Å²) in [5, 5.41) is 30.7. The lowest BCUT2D eigenvalue weighted by molar-refractivity contribution is 0.426. The minimum atomic E-state index is -1.54. The number of nitrogens with two attached hydrogens (primary N) is 1. The van der Waals surface area contributed by atoms with E-state index >= 15 is 0 Å². The molecule has 0 spiro atoms. The molecule has 0 radical (unpaired) electrons. The second kappa shape index (κ2) is 6.25. The van der Waals surface area contributed by atoms with Crippen molar-refractivity contribution in [3.05, 3.63) is 54.2 Å². The van der Waals surface area contributed by atoms with Gasteiger partial charge in [-0.05, 0) is 28.7 Å². The molecule has 122 valence electrons. The third kappa shape index (κ3) is 2.87. The molecule has 2 aromatic carbocycles. The Bertz CT molecular complexity index is 1050. The fourth-order valence-corrected chi connectivity index (χ4v) is 3.43. The standard InChI is InChI=1S/C17H13BN4O2S/c19-15-9-21-22-16-7-10(1-3-13(15)16)14-8-11(18(23)24)2-4-12(14)17-20-5-6-25-17/h1-9,23-24H,(H2,19,22). The molecule has 2 aromatic heterocycles. The monoisotopic (exact) mass is 348 g/mol. The largest absolute Gasteiger partial charge is 0.488 e. The first-order valence-electron chi connectivity index (χ1n) is 7.55. The normalized spacial score (nSPS) is 11.0. The van der Waals surface area contributed by atoms with Gasteiger partial charge in [0.15, 0.2) is 0 Å². The van der Waals surface area contributed by atoms with Crippen molar-refractivity contribution in [3.8, 4) is 21.7 Å². The number of benzene rings is 2. The van der Waals surface area contributed by atoms with Gasteiger partial charge < -0.3 is 15.8 Å². The smallest absolute Gasteiger partial charge is 0.423 e. The number of thiazole rings is 1. The molecular weight excluding hydrogens is 335 g/mol. The summed E-state index contributed by atoms with van der Waals surface area (Å²) in [6.45, 7) is 0. The van der Waals surface area contributed by atoms with Crippen molar-refractivity contribution in [2.75, 3.05) is 5.73 Å². The highest BCUT2D eigenvalue weighted by Gasteiger charge is 2.17. The van der Waals surface area contributed by atoms with Gasteiger partial charge in [-0.25, -0.2) is 4.98 Å². The molecule has 6 nitrogen and oxygen atoms in total. The Morgan fingerprint density at radius 2 is 1.92 bits per heavy atom. The van der Waals surface area contributed by atoms with Crippen molar-refractivity contribution in [3.63, 3.8) is 0 Å². The fourth-order valence-electron chi connectivity index (χ4n) is 2.75. The van der Waals surface area contributed by atoms with Gasteiger partial charge in [-0.1, -0.05) is 24.3 Å². The first kappa shape index (κ1) is 15.7. The summed E-state index contributed by atoms with van der Waals surface area (Å²) >= 11 is 1.52. The van der Waals surface area contributed by atoms with Crippen LogP contribution in [0, 0.1) is 0 Å². The van der Waals surface area contributed by atoms with Crippen LogP contribution in [0.5, 0.6) is 0 Å². The van der Waals surface area contributed by atoms with Gasteiger partial charge in [0, 0.05) is 22.5 Å². The molecule has 0 unspecified atom stereocenters. The molecule has 4 N–H and O–H groups in total. The summed E-state index contributed by atoms with van der Waals surface area (Å²) in [6, 6.07) is 11.0. The van der Waals surface area contributed by atoms with Gasteiger partial charge in [0.2, 0.25) is 0 Å². The zero-order chi connectivity index (χ0) is 17.4. The average Bonchev–Trinajstić information content (AvgIpc) is 3.15. The number of fused-ring (bicyclic) bond motifs is 1. The van der Waals surface area contributed by atoms with E-state index in [4.69, 9.17) is 5.73 Å². The molecule has 0 aliphatic carbocycles. The lowest BCUT2D eigenvalue weighted by Gasteiger charge is -2.11. The summed E-state index contributed by atoms with van der Waals surface area (Å²) in [7, 11) is -1.54. The van der Waals surface area contributed by atoms with Crippen LogP contribution in [0.3, 0.4) is 0 Å². The highest BCUT2D eigenvalue weighted by atomic mass is 32.1. The molecule has 0 amide bonds. The van der Waals surface area contributed by atoms with Gasteiger partial charge >= 0.3 is 7.12 Å². The summed E-state index contributed by atoms with van der Waals surface area (Å²) in [4.78, 5) is 4.37. The van der Waals surface area contributed by atoms with Gasteiger partial charge in [0.05, 0.1) is 17.4 Å². The van der Waals surface area contributed by atoms with Crippen LogP contribution < -0.4 is 11.2 Å². The van der Waals surface area contributed by atoms with Gasteiger partial charge in [0.1, 0.15) is 5.01 Å². The number of anilines is 1. The van der Waals surface area contributed by atoms with E-state index in [1.807, 2.05) is 29.6 Å². The quantitative estimate of drug-likeness (QED) is 0.487. The molecule has 0 saturated carbocycles. The molecule has 4 aromatic rings. The van der Waals surface area contributed by atoms with E-state index in [1.165, 1.54) is 17.5 Å². The van der Waals surface area contributed by atoms with E-state index in [1.54, 1.807) is 18.3 Å². The Kier molecular flexibility index (Phi) is 3.93. The van der Waals surface area contributed by atoms with Crippen molar-refractivity contribution in [2.45, 2.75) is 0 Å². The summed E-state index contributed by atoms with van der Waals surface area (Å²) in [5.41, 5.74) is 10.2. The molecule has 2 heterocycles. The van der Waals surface area contributed by atoms with Crippen molar-refractivity contribution in [2.24, 2.45) is 0 Å². The van der Waals surface area contributed by atoms with Gasteiger partial charge in [-0.3, -0.25) is 0 Å². The molecule has 0 bridgehead atoms. The Labute approximate surface area is 147 Å². The van der Waals surface area contributed by atoms with Crippen LogP contribution >= 0.6 is 11.3 Å². The van der Waals surface area contributed by atoms with Crippen molar-refractivity contribution >= 4 is 40.5 Å². The predicted molar refractivity (Wildman–Crippen MR) is 100 cm³/mol. The van der Waals surface area contributed by atoms with Crippen LogP contribution in [0.25, 0.3) is 32.6 Å². The maximum absolute atomic E-state index is 9.53. The first-order chi connectivity index (χ1) is 12.1. The van der Waals surface area contributed by atoms with Crippen LogP contribution in [0.15, 0.2) is 54.2 Å². The van der Waals surface area contributed by atoms with E-state index in [9.17, 15) is 10.0 Å². The van der Waals surface area contributed by atoms with Crippen LogP contribution in [0.4, 0.5) is 5.69 Å². The van der Waals surface area contributed by atoms with E-state index < -0.39 is 7.12 Å². The van der Waals surface area contributed by atoms with E-state index in [2.05, 4.69) is 15.2 Å². The van der Waals surface area contributed by atoms with Crippen molar-refractivity contribution in [1.29, 1.82) is 0 Å². The second-order valence-corrected chi connectivity index (χ2v) is 6.44. The molecule has 25 heavy (non-hydrogen) atoms. The Morgan fingerprint density at radius 1 is 1.04 bits per heavy atom. The zero-order valence-corrected chi connectivity index (χ0v) is 13.8. The average molecular weight is 348 g/mol. The number of rotatable bonds is 3. The van der Waals surface area contributed by atoms with Crippen LogP contribution in [0.2, 0.25) is 0 Å². The topological polar surface area (TPSA) is 105 Å². The maximum Gasteiger partial charge on any atom is 0.488 e. The van der Waals surface area contributed by atoms with Gasteiger partial charge in [-0.15, -0.1) is 11.3 Å². The number of nitrogen functional groups attached to an aromatic ring is 1. The number of hydrogen-bond donors (Lipinski definition) is 3. The Balaban J connectivity index is 1.95. The van der Waals surface area contributed by atoms with Crippen LogP contribution in [-0.2, 0) is 0 Å². The molecule has 0 aliphatic heterocycles. The molecule has 0 saturated heterocycles. The second-order valence-electron chi connectivity index (χ2n) is 5.55. The van der Waals surface area contributed by atoms with Crippen LogP contribution in [0.1, 0.15) is 0 Å². The summed E-state index contributed by atoms with van der Waals surface area (Å²) in [6.07, 6.45) is 3.26. The maximum atomic E-state index is 9.53. The molecule has 0 fully saturated rings. The van der Waals surface area contributed by atoms with Gasteiger partial charge in [0.25, 0.3) is 0 Å². The highest BCUT2D eigenvalue weighted by Crippen LogP contribution is 2.34. The van der Waals surface area contributed by atoms with Crippen LogP contribution in [-0.4, -0.2) is 32.3 Å². The molecule has 0 atom stereocenters. The predicted octanol–water partition coefficient (Wildman–Crippen LogP) is 1.68. The lowest BCUT2D eigenvalue weighted by Crippen LogP contribution is -2.29. The number of aromatic nitrogens is 3. The Hall–Kier alpha value is -2.81. The molecule has 8 heteroatoms. The zero-order valence-electron chi connectivity index (χ0n) is 13.0. The molecule has 0 aliphatic rings. The third-order valence-electron chi connectivity index (χ3n) is 3.99. The fraction of sp³-hybridized carbons (Fsp3) is 0. The first-order valence-corrected chi connectivity index (χ1v) is 8.42. The number of nitrogens with zero attached hydrogens (tertiary/aromatic N) is 3. The summed E-state index contributed by atoms with van der Waals surface area (Å²) in [5.74, 6) is 0.